The van der Waals surface area contributed by atoms with E-state index in [2.05, 4.69) is 9.88 Å². The van der Waals surface area contributed by atoms with E-state index in [1.165, 1.54) is 0 Å². The van der Waals surface area contributed by atoms with Gasteiger partial charge in [-0.15, -0.1) is 0 Å². The lowest BCUT2D eigenvalue weighted by molar-refractivity contribution is 0.0749. The van der Waals surface area contributed by atoms with Gasteiger partial charge in [-0.3, -0.25) is 4.79 Å². The van der Waals surface area contributed by atoms with Gasteiger partial charge in [-0.1, -0.05) is 5.16 Å². The van der Waals surface area contributed by atoms with Crippen LogP contribution in [0.1, 0.15) is 29.1 Å². The van der Waals surface area contributed by atoms with Crippen molar-refractivity contribution >= 4 is 15.9 Å². The largest absolute Gasteiger partial charge is 0.361 e. The summed E-state index contributed by atoms with van der Waals surface area (Å²) in [5.41, 5.74) is 0.288. The Kier molecular flexibility index (Phi) is 3.29. The molecule has 1 amide bonds. The van der Waals surface area contributed by atoms with Crippen LogP contribution < -0.4 is 4.72 Å². The zero-order valence-electron chi connectivity index (χ0n) is 11.2. The van der Waals surface area contributed by atoms with E-state index in [9.17, 15) is 13.2 Å². The predicted octanol–water partition coefficient (Wildman–Crippen LogP) is 0.137. The van der Waals surface area contributed by atoms with Gasteiger partial charge in [-0.05, 0) is 25.7 Å². The molecule has 0 spiro atoms. The van der Waals surface area contributed by atoms with Crippen molar-refractivity contribution in [2.45, 2.75) is 25.0 Å². The van der Waals surface area contributed by atoms with Crippen molar-refractivity contribution in [2.75, 3.05) is 19.6 Å². The minimum absolute atomic E-state index is 0.0943. The van der Waals surface area contributed by atoms with Gasteiger partial charge in [0.15, 0.2) is 5.69 Å². The third kappa shape index (κ3) is 2.33. The summed E-state index contributed by atoms with van der Waals surface area (Å²) in [5.74, 6) is 0.496. The van der Waals surface area contributed by atoms with E-state index < -0.39 is 10.0 Å². The summed E-state index contributed by atoms with van der Waals surface area (Å²) in [4.78, 5) is 14.0. The van der Waals surface area contributed by atoms with E-state index in [4.69, 9.17) is 4.52 Å². The number of hydrogen-bond donors (Lipinski definition) is 1. The number of carbonyl (C=O) groups excluding carboxylic acids is 1. The number of nitrogens with zero attached hydrogens (tertiary/aromatic N) is 2. The quantitative estimate of drug-likeness (QED) is 0.796. The average molecular weight is 299 g/mol. The Morgan fingerprint density at radius 3 is 2.90 bits per heavy atom. The van der Waals surface area contributed by atoms with E-state index in [0.29, 0.717) is 38.2 Å². The lowest BCUT2D eigenvalue weighted by Crippen LogP contribution is -2.33. The molecule has 0 aliphatic carbocycles. The molecule has 1 aromatic rings. The van der Waals surface area contributed by atoms with Gasteiger partial charge in [0, 0.05) is 25.7 Å². The molecule has 1 N–H and O–H groups in total. The van der Waals surface area contributed by atoms with Crippen LogP contribution in [0.5, 0.6) is 0 Å². The SMILES string of the molecule is Cc1cc(C(=O)N2CC[C@@H]3CNS(=O)(=O)[C@@H]3CC2)no1. The van der Waals surface area contributed by atoms with Gasteiger partial charge in [0.2, 0.25) is 10.0 Å². The molecule has 8 heteroatoms. The highest BCUT2D eigenvalue weighted by Crippen LogP contribution is 2.28. The van der Waals surface area contributed by atoms with Crippen molar-refractivity contribution in [1.82, 2.24) is 14.8 Å². The molecule has 2 fully saturated rings. The molecular formula is C12H17N3O4S. The molecule has 7 nitrogen and oxygen atoms in total. The Balaban J connectivity index is 1.74. The normalized spacial score (nSPS) is 28.9. The fourth-order valence-electron chi connectivity index (χ4n) is 2.94. The Labute approximate surface area is 117 Å². The number of likely N-dealkylation sites (tertiary alicyclic amines) is 1. The molecule has 2 aliphatic heterocycles. The van der Waals surface area contributed by atoms with E-state index >= 15 is 0 Å². The van der Waals surface area contributed by atoms with Crippen LogP contribution in [-0.4, -0.2) is 49.3 Å². The van der Waals surface area contributed by atoms with E-state index in [0.717, 1.165) is 0 Å². The second kappa shape index (κ2) is 4.85. The van der Waals surface area contributed by atoms with E-state index in [-0.39, 0.29) is 22.8 Å². The fraction of sp³-hybridized carbons (Fsp3) is 0.667. The third-order valence-electron chi connectivity index (χ3n) is 4.06. The molecule has 2 aliphatic rings. The summed E-state index contributed by atoms with van der Waals surface area (Å²) in [7, 11) is -3.20. The molecule has 3 heterocycles. The number of sulfonamides is 1. The fourth-order valence-corrected chi connectivity index (χ4v) is 4.76. The highest BCUT2D eigenvalue weighted by atomic mass is 32.2. The van der Waals surface area contributed by atoms with Crippen molar-refractivity contribution in [3.8, 4) is 0 Å². The molecule has 1 aromatic heterocycles. The number of aryl methyl sites for hydroxylation is 1. The van der Waals surface area contributed by atoms with Gasteiger partial charge >= 0.3 is 0 Å². The predicted molar refractivity (Wildman–Crippen MR) is 70.6 cm³/mol. The Hall–Kier alpha value is -1.41. The second-order valence-electron chi connectivity index (χ2n) is 5.38. The van der Waals surface area contributed by atoms with Crippen molar-refractivity contribution in [1.29, 1.82) is 0 Å². The van der Waals surface area contributed by atoms with Gasteiger partial charge in [0.05, 0.1) is 5.25 Å². The van der Waals surface area contributed by atoms with Gasteiger partial charge < -0.3 is 9.42 Å². The van der Waals surface area contributed by atoms with Crippen LogP contribution in [0, 0.1) is 12.8 Å². The highest BCUT2D eigenvalue weighted by molar-refractivity contribution is 7.90. The van der Waals surface area contributed by atoms with Crippen LogP contribution >= 0.6 is 0 Å². The third-order valence-corrected chi connectivity index (χ3v) is 6.05. The molecule has 0 radical (unpaired) electrons. The first-order valence-corrected chi connectivity index (χ1v) is 8.23. The molecular weight excluding hydrogens is 282 g/mol. The molecule has 110 valence electrons. The number of carbonyl (C=O) groups is 1. The zero-order chi connectivity index (χ0) is 14.3. The molecule has 0 unspecified atom stereocenters. The smallest absolute Gasteiger partial charge is 0.276 e. The van der Waals surface area contributed by atoms with Crippen molar-refractivity contribution in [2.24, 2.45) is 5.92 Å². The Morgan fingerprint density at radius 2 is 2.20 bits per heavy atom. The average Bonchev–Trinajstić information content (AvgIpc) is 2.85. The van der Waals surface area contributed by atoms with Crippen molar-refractivity contribution in [3.63, 3.8) is 0 Å². The first-order chi connectivity index (χ1) is 9.47. The summed E-state index contributed by atoms with van der Waals surface area (Å²) in [6.07, 6.45) is 1.17. The first kappa shape index (κ1) is 13.6. The lowest BCUT2D eigenvalue weighted by Gasteiger charge is -2.19. The van der Waals surface area contributed by atoms with Crippen molar-refractivity contribution in [3.05, 3.63) is 17.5 Å². The number of fused-ring (bicyclic) bond motifs is 1. The molecule has 2 atom stereocenters. The van der Waals surface area contributed by atoms with Crippen LogP contribution in [0.25, 0.3) is 0 Å². The van der Waals surface area contributed by atoms with Gasteiger partial charge in [0.1, 0.15) is 5.76 Å². The topological polar surface area (TPSA) is 92.5 Å². The zero-order valence-corrected chi connectivity index (χ0v) is 12.0. The minimum Gasteiger partial charge on any atom is -0.361 e. The van der Waals surface area contributed by atoms with Gasteiger partial charge in [0.25, 0.3) is 5.91 Å². The summed E-state index contributed by atoms with van der Waals surface area (Å²) >= 11 is 0. The number of nitrogens with one attached hydrogen (secondary N) is 1. The second-order valence-corrected chi connectivity index (χ2v) is 7.37. The molecule has 0 aromatic carbocycles. The maximum atomic E-state index is 12.3. The monoisotopic (exact) mass is 299 g/mol. The number of amides is 1. The number of aromatic nitrogens is 1. The maximum absolute atomic E-state index is 12.3. The van der Waals surface area contributed by atoms with Crippen LogP contribution in [0.3, 0.4) is 0 Å². The van der Waals surface area contributed by atoms with E-state index in [1.54, 1.807) is 17.9 Å². The van der Waals surface area contributed by atoms with Crippen LogP contribution in [0.15, 0.2) is 10.6 Å². The molecule has 20 heavy (non-hydrogen) atoms. The summed E-state index contributed by atoms with van der Waals surface area (Å²) in [6.45, 7) is 3.21. The van der Waals surface area contributed by atoms with E-state index in [1.807, 2.05) is 0 Å². The molecule has 0 bridgehead atoms. The van der Waals surface area contributed by atoms with Gasteiger partial charge in [-0.2, -0.15) is 0 Å². The minimum atomic E-state index is -3.20. The molecule has 0 saturated carbocycles. The summed E-state index contributed by atoms with van der Waals surface area (Å²) in [6, 6.07) is 1.60. The van der Waals surface area contributed by atoms with Gasteiger partial charge in [-0.25, -0.2) is 13.1 Å². The van der Waals surface area contributed by atoms with Crippen LogP contribution in [-0.2, 0) is 10.0 Å². The van der Waals surface area contributed by atoms with Crippen LogP contribution in [0.4, 0.5) is 0 Å². The number of rotatable bonds is 1. The standard InChI is InChI=1S/C12H17N3O4S/c1-8-6-10(14-19-8)12(16)15-4-2-9-7-13-20(17,18)11(9)3-5-15/h6,9,11,13H,2-5,7H2,1H3/t9-,11-/m1/s1. The van der Waals surface area contributed by atoms with Crippen LogP contribution in [0.2, 0.25) is 0 Å². The number of hydrogen-bond acceptors (Lipinski definition) is 5. The maximum Gasteiger partial charge on any atom is 0.276 e. The molecule has 3 rings (SSSR count). The summed E-state index contributed by atoms with van der Waals surface area (Å²) in [5, 5.41) is 3.35. The summed E-state index contributed by atoms with van der Waals surface area (Å²) < 4.78 is 31.2. The highest BCUT2D eigenvalue weighted by Gasteiger charge is 2.42. The van der Waals surface area contributed by atoms with Crippen molar-refractivity contribution < 1.29 is 17.7 Å². The first-order valence-electron chi connectivity index (χ1n) is 6.68. The Bertz CT molecular complexity index is 624. The lowest BCUT2D eigenvalue weighted by atomic mass is 10.0. The Morgan fingerprint density at radius 1 is 1.45 bits per heavy atom. The molecule has 2 saturated heterocycles.